The maximum absolute atomic E-state index is 12.3. The number of amides is 1. The standard InChI is InChI=1S/C17H17BrN4O/c18-13-6-7-16-20-10-15(22(16)11-13)8-12(9-19)17(23)21-14-4-2-1-3-5-14/h6-8,10-11,14H,1-5H2,(H,21,23)/b12-8-. The van der Waals surface area contributed by atoms with Crippen LogP contribution in [0.15, 0.2) is 34.6 Å². The number of carbonyl (C=O) groups excluding carboxylic acids is 1. The number of hydrogen-bond donors (Lipinski definition) is 1. The van der Waals surface area contributed by atoms with E-state index in [9.17, 15) is 10.1 Å². The number of aromatic nitrogens is 2. The Morgan fingerprint density at radius 3 is 2.91 bits per heavy atom. The molecule has 0 aliphatic heterocycles. The highest BCUT2D eigenvalue weighted by molar-refractivity contribution is 9.10. The SMILES string of the molecule is N#C/C(=C/c1cnc2ccc(Br)cn12)C(=O)NC1CCCCC1. The van der Waals surface area contributed by atoms with Gasteiger partial charge in [0.1, 0.15) is 17.3 Å². The number of pyridine rings is 1. The minimum absolute atomic E-state index is 0.109. The van der Waals surface area contributed by atoms with Gasteiger partial charge in [-0.15, -0.1) is 0 Å². The molecule has 1 N–H and O–H groups in total. The lowest BCUT2D eigenvalue weighted by Crippen LogP contribution is -2.36. The molecule has 0 radical (unpaired) electrons. The van der Waals surface area contributed by atoms with E-state index in [4.69, 9.17) is 0 Å². The van der Waals surface area contributed by atoms with Crippen LogP contribution in [0.25, 0.3) is 11.7 Å². The molecule has 1 saturated carbocycles. The van der Waals surface area contributed by atoms with Gasteiger partial charge in [0, 0.05) is 16.7 Å². The smallest absolute Gasteiger partial charge is 0.262 e. The number of nitrogens with one attached hydrogen (secondary N) is 1. The molecular formula is C17H17BrN4O. The van der Waals surface area contributed by atoms with Crippen LogP contribution in [-0.2, 0) is 4.79 Å². The molecule has 23 heavy (non-hydrogen) atoms. The molecule has 1 aliphatic carbocycles. The molecule has 0 atom stereocenters. The van der Waals surface area contributed by atoms with Gasteiger partial charge < -0.3 is 5.32 Å². The molecule has 0 spiro atoms. The summed E-state index contributed by atoms with van der Waals surface area (Å²) in [6.45, 7) is 0. The number of nitriles is 1. The molecule has 118 valence electrons. The molecule has 1 amide bonds. The van der Waals surface area contributed by atoms with E-state index in [1.807, 2.05) is 28.8 Å². The van der Waals surface area contributed by atoms with E-state index in [-0.39, 0.29) is 17.5 Å². The van der Waals surface area contributed by atoms with Crippen molar-refractivity contribution >= 4 is 33.6 Å². The third kappa shape index (κ3) is 3.62. The van der Waals surface area contributed by atoms with Gasteiger partial charge in [-0.3, -0.25) is 9.20 Å². The van der Waals surface area contributed by atoms with Crippen LogP contribution in [0.1, 0.15) is 37.8 Å². The molecule has 0 bridgehead atoms. The number of carbonyl (C=O) groups is 1. The van der Waals surface area contributed by atoms with Crippen LogP contribution in [0.3, 0.4) is 0 Å². The number of hydrogen-bond acceptors (Lipinski definition) is 3. The van der Waals surface area contributed by atoms with Gasteiger partial charge in [-0.25, -0.2) is 4.98 Å². The molecule has 2 aromatic rings. The Kier molecular flexibility index (Phi) is 4.77. The van der Waals surface area contributed by atoms with Crippen LogP contribution in [0, 0.1) is 11.3 Å². The molecule has 6 heteroatoms. The first-order valence-electron chi connectivity index (χ1n) is 7.72. The lowest BCUT2D eigenvalue weighted by Gasteiger charge is -2.22. The van der Waals surface area contributed by atoms with Crippen molar-refractivity contribution < 1.29 is 4.79 Å². The normalized spacial score (nSPS) is 16.3. The Morgan fingerprint density at radius 1 is 1.39 bits per heavy atom. The highest BCUT2D eigenvalue weighted by Crippen LogP contribution is 2.19. The van der Waals surface area contributed by atoms with E-state index >= 15 is 0 Å². The Balaban J connectivity index is 1.83. The zero-order valence-corrected chi connectivity index (χ0v) is 14.2. The van der Waals surface area contributed by atoms with Crippen LogP contribution in [0.4, 0.5) is 0 Å². The van der Waals surface area contributed by atoms with Gasteiger partial charge in [-0.05, 0) is 47.0 Å². The fourth-order valence-corrected chi connectivity index (χ4v) is 3.22. The second-order valence-corrected chi connectivity index (χ2v) is 6.65. The van der Waals surface area contributed by atoms with Gasteiger partial charge in [0.2, 0.25) is 0 Å². The van der Waals surface area contributed by atoms with Crippen molar-refractivity contribution in [3.63, 3.8) is 0 Å². The maximum atomic E-state index is 12.3. The summed E-state index contributed by atoms with van der Waals surface area (Å²) in [7, 11) is 0. The van der Waals surface area contributed by atoms with Gasteiger partial charge in [-0.2, -0.15) is 5.26 Å². The minimum atomic E-state index is -0.302. The second-order valence-electron chi connectivity index (χ2n) is 5.74. The molecule has 2 heterocycles. The third-order valence-corrected chi connectivity index (χ3v) is 4.56. The molecular weight excluding hydrogens is 356 g/mol. The van der Waals surface area contributed by atoms with Gasteiger partial charge in [0.25, 0.3) is 5.91 Å². The van der Waals surface area contributed by atoms with Crippen molar-refractivity contribution in [1.82, 2.24) is 14.7 Å². The van der Waals surface area contributed by atoms with Crippen LogP contribution < -0.4 is 5.32 Å². The van der Waals surface area contributed by atoms with E-state index in [2.05, 4.69) is 26.2 Å². The summed E-state index contributed by atoms with van der Waals surface area (Å²) in [4.78, 5) is 16.6. The quantitative estimate of drug-likeness (QED) is 0.662. The molecule has 0 saturated heterocycles. The van der Waals surface area contributed by atoms with E-state index in [1.165, 1.54) is 6.42 Å². The highest BCUT2D eigenvalue weighted by atomic mass is 79.9. The van der Waals surface area contributed by atoms with Crippen molar-refractivity contribution in [2.75, 3.05) is 0 Å². The summed E-state index contributed by atoms with van der Waals surface area (Å²) < 4.78 is 2.75. The molecule has 1 aliphatic rings. The molecule has 2 aromatic heterocycles. The number of nitrogens with zero attached hydrogens (tertiary/aromatic N) is 3. The third-order valence-electron chi connectivity index (χ3n) is 4.10. The average Bonchev–Trinajstić information content (AvgIpc) is 2.95. The summed E-state index contributed by atoms with van der Waals surface area (Å²) in [6.07, 6.45) is 10.6. The van der Waals surface area contributed by atoms with Crippen molar-refractivity contribution in [2.45, 2.75) is 38.1 Å². The van der Waals surface area contributed by atoms with Gasteiger partial charge in [-0.1, -0.05) is 19.3 Å². The lowest BCUT2D eigenvalue weighted by molar-refractivity contribution is -0.117. The van der Waals surface area contributed by atoms with Gasteiger partial charge in [0.15, 0.2) is 0 Å². The van der Waals surface area contributed by atoms with Crippen LogP contribution in [-0.4, -0.2) is 21.3 Å². The first kappa shape index (κ1) is 15.8. The van der Waals surface area contributed by atoms with Crippen molar-refractivity contribution in [2.24, 2.45) is 0 Å². The first-order chi connectivity index (χ1) is 11.2. The van der Waals surface area contributed by atoms with Crippen LogP contribution in [0.5, 0.6) is 0 Å². The van der Waals surface area contributed by atoms with Crippen LogP contribution >= 0.6 is 15.9 Å². The maximum Gasteiger partial charge on any atom is 0.262 e. The van der Waals surface area contributed by atoms with E-state index in [0.29, 0.717) is 5.69 Å². The molecule has 0 unspecified atom stereocenters. The lowest BCUT2D eigenvalue weighted by atomic mass is 9.95. The number of imidazole rings is 1. The number of fused-ring (bicyclic) bond motifs is 1. The Bertz CT molecular complexity index is 797. The van der Waals surface area contributed by atoms with Crippen LogP contribution in [0.2, 0.25) is 0 Å². The average molecular weight is 373 g/mol. The molecule has 3 rings (SSSR count). The summed E-state index contributed by atoms with van der Waals surface area (Å²) >= 11 is 3.42. The van der Waals surface area contributed by atoms with E-state index in [0.717, 1.165) is 35.8 Å². The summed E-state index contributed by atoms with van der Waals surface area (Å²) in [6, 6.07) is 5.96. The van der Waals surface area contributed by atoms with Crippen molar-refractivity contribution in [3.8, 4) is 6.07 Å². The van der Waals surface area contributed by atoms with Gasteiger partial charge in [0.05, 0.1) is 11.9 Å². The fourth-order valence-electron chi connectivity index (χ4n) is 2.89. The fraction of sp³-hybridized carbons (Fsp3) is 0.353. The second kappa shape index (κ2) is 6.97. The van der Waals surface area contributed by atoms with E-state index < -0.39 is 0 Å². The number of halogens is 1. The Hall–Kier alpha value is -2.13. The summed E-state index contributed by atoms with van der Waals surface area (Å²) in [5.74, 6) is -0.302. The molecule has 0 aromatic carbocycles. The van der Waals surface area contributed by atoms with E-state index in [1.54, 1.807) is 12.3 Å². The summed E-state index contributed by atoms with van der Waals surface area (Å²) in [5.41, 5.74) is 1.58. The molecule has 1 fully saturated rings. The summed E-state index contributed by atoms with van der Waals surface area (Å²) in [5, 5.41) is 12.3. The zero-order valence-electron chi connectivity index (χ0n) is 12.6. The minimum Gasteiger partial charge on any atom is -0.349 e. The zero-order chi connectivity index (χ0) is 16.2. The largest absolute Gasteiger partial charge is 0.349 e. The van der Waals surface area contributed by atoms with Crippen molar-refractivity contribution in [3.05, 3.63) is 40.3 Å². The van der Waals surface area contributed by atoms with Crippen molar-refractivity contribution in [1.29, 1.82) is 5.26 Å². The topological polar surface area (TPSA) is 70.2 Å². The predicted molar refractivity (Wildman–Crippen MR) is 91.5 cm³/mol. The Morgan fingerprint density at radius 2 is 2.17 bits per heavy atom. The first-order valence-corrected chi connectivity index (χ1v) is 8.52. The molecule has 5 nitrogen and oxygen atoms in total. The monoisotopic (exact) mass is 372 g/mol. The Labute approximate surface area is 143 Å². The predicted octanol–water partition coefficient (Wildman–Crippen LogP) is 3.45. The number of rotatable bonds is 3. The van der Waals surface area contributed by atoms with Gasteiger partial charge >= 0.3 is 0 Å². The highest BCUT2D eigenvalue weighted by Gasteiger charge is 2.18.